The Hall–Kier alpha value is -3.33. The number of hydrogen-bond acceptors (Lipinski definition) is 7. The predicted octanol–water partition coefficient (Wildman–Crippen LogP) is 2.88. The summed E-state index contributed by atoms with van der Waals surface area (Å²) in [7, 11) is 0. The fraction of sp³-hybridized carbons (Fsp3) is 0.200. The summed E-state index contributed by atoms with van der Waals surface area (Å²) in [5.74, 6) is -1.41. The van der Waals surface area contributed by atoms with E-state index in [0.717, 1.165) is 17.3 Å². The minimum Gasteiger partial charge on any atom is -0.452 e. The maximum absolute atomic E-state index is 12.0. The number of carbonyl (C=O) groups is 3. The van der Waals surface area contributed by atoms with Gasteiger partial charge >= 0.3 is 12.0 Å². The van der Waals surface area contributed by atoms with Crippen molar-refractivity contribution in [3.63, 3.8) is 0 Å². The third-order valence-corrected chi connectivity index (χ3v) is 4.60. The highest BCUT2D eigenvalue weighted by Crippen LogP contribution is 2.23. The van der Waals surface area contributed by atoms with Gasteiger partial charge in [0.15, 0.2) is 11.7 Å². The van der Waals surface area contributed by atoms with Crippen molar-refractivity contribution in [2.75, 3.05) is 5.75 Å². The second-order valence-corrected chi connectivity index (χ2v) is 6.95. The molecule has 8 nitrogen and oxygen atoms in total. The third kappa shape index (κ3) is 6.08. The standard InChI is InChI=1S/C20H19N3O5S/c1-13(18(25)23-19(26)21-11-14-7-3-2-4-8-14)27-17(24)12-29-20-22-15-9-5-6-10-16(15)28-20/h2-10,13H,11-12H2,1H3,(H2,21,23,25,26). The van der Waals surface area contributed by atoms with Gasteiger partial charge in [0.25, 0.3) is 11.1 Å². The third-order valence-electron chi connectivity index (χ3n) is 3.80. The lowest BCUT2D eigenvalue weighted by atomic mass is 10.2. The van der Waals surface area contributed by atoms with Gasteiger partial charge in [0, 0.05) is 6.54 Å². The molecule has 3 amide bonds. The number of imide groups is 1. The fourth-order valence-electron chi connectivity index (χ4n) is 2.35. The van der Waals surface area contributed by atoms with Crippen LogP contribution < -0.4 is 10.6 Å². The zero-order chi connectivity index (χ0) is 20.6. The number of thioether (sulfide) groups is 1. The minimum absolute atomic E-state index is 0.0787. The molecule has 9 heteroatoms. The lowest BCUT2D eigenvalue weighted by Crippen LogP contribution is -2.44. The van der Waals surface area contributed by atoms with Crippen molar-refractivity contribution in [1.29, 1.82) is 0 Å². The number of urea groups is 1. The molecule has 0 fully saturated rings. The summed E-state index contributed by atoms with van der Waals surface area (Å²) in [5, 5.41) is 5.04. The molecule has 2 N–H and O–H groups in total. The Morgan fingerprint density at radius 1 is 1.10 bits per heavy atom. The maximum atomic E-state index is 12.0. The molecule has 2 aromatic carbocycles. The van der Waals surface area contributed by atoms with Crippen molar-refractivity contribution in [3.8, 4) is 0 Å². The molecule has 1 atom stereocenters. The molecule has 0 spiro atoms. The maximum Gasteiger partial charge on any atom is 0.321 e. The monoisotopic (exact) mass is 413 g/mol. The largest absolute Gasteiger partial charge is 0.452 e. The Morgan fingerprint density at radius 3 is 2.59 bits per heavy atom. The molecule has 0 radical (unpaired) electrons. The highest BCUT2D eigenvalue weighted by Gasteiger charge is 2.20. The Bertz CT molecular complexity index is 973. The van der Waals surface area contributed by atoms with Crippen molar-refractivity contribution < 1.29 is 23.5 Å². The molecule has 0 bridgehead atoms. The molecule has 1 heterocycles. The molecular weight excluding hydrogens is 394 g/mol. The van der Waals surface area contributed by atoms with Gasteiger partial charge in [0.1, 0.15) is 11.3 Å². The summed E-state index contributed by atoms with van der Waals surface area (Å²) in [4.78, 5) is 40.0. The van der Waals surface area contributed by atoms with Gasteiger partial charge in [-0.2, -0.15) is 0 Å². The summed E-state index contributed by atoms with van der Waals surface area (Å²) < 4.78 is 10.5. The number of nitrogens with one attached hydrogen (secondary N) is 2. The first-order valence-corrected chi connectivity index (χ1v) is 9.80. The fourth-order valence-corrected chi connectivity index (χ4v) is 2.98. The number of esters is 1. The first-order valence-electron chi connectivity index (χ1n) is 8.82. The van der Waals surface area contributed by atoms with Crippen LogP contribution >= 0.6 is 11.8 Å². The molecule has 0 saturated heterocycles. The number of ether oxygens (including phenoxy) is 1. The minimum atomic E-state index is -1.12. The van der Waals surface area contributed by atoms with Crippen LogP contribution in [0, 0.1) is 0 Å². The second kappa shape index (κ2) is 9.74. The van der Waals surface area contributed by atoms with Gasteiger partial charge in [0.05, 0.1) is 0 Å². The smallest absolute Gasteiger partial charge is 0.321 e. The van der Waals surface area contributed by atoms with E-state index in [0.29, 0.717) is 16.3 Å². The number of amides is 3. The van der Waals surface area contributed by atoms with E-state index < -0.39 is 24.0 Å². The highest BCUT2D eigenvalue weighted by molar-refractivity contribution is 7.99. The van der Waals surface area contributed by atoms with Gasteiger partial charge in [-0.05, 0) is 24.6 Å². The highest BCUT2D eigenvalue weighted by atomic mass is 32.2. The Morgan fingerprint density at radius 2 is 1.83 bits per heavy atom. The number of carbonyl (C=O) groups excluding carboxylic acids is 3. The van der Waals surface area contributed by atoms with Crippen LogP contribution in [0.3, 0.4) is 0 Å². The Labute approximate surface area is 171 Å². The normalized spacial score (nSPS) is 11.6. The molecule has 0 aliphatic rings. The summed E-state index contributed by atoms with van der Waals surface area (Å²) in [6.45, 7) is 1.66. The molecule has 150 valence electrons. The number of benzene rings is 2. The van der Waals surface area contributed by atoms with Crippen molar-refractivity contribution in [3.05, 3.63) is 60.2 Å². The second-order valence-electron chi connectivity index (χ2n) is 6.03. The van der Waals surface area contributed by atoms with Crippen LogP contribution in [0.4, 0.5) is 4.79 Å². The predicted molar refractivity (Wildman–Crippen MR) is 107 cm³/mol. The van der Waals surface area contributed by atoms with Crippen LogP contribution in [0.15, 0.2) is 64.2 Å². The molecular formula is C20H19N3O5S. The lowest BCUT2D eigenvalue weighted by Gasteiger charge is -2.13. The molecule has 0 aliphatic heterocycles. The number of nitrogens with zero attached hydrogens (tertiary/aromatic N) is 1. The van der Waals surface area contributed by atoms with E-state index in [1.54, 1.807) is 12.1 Å². The SMILES string of the molecule is CC(OC(=O)CSc1nc2ccccc2o1)C(=O)NC(=O)NCc1ccccc1. The van der Waals surface area contributed by atoms with Crippen molar-refractivity contribution in [2.24, 2.45) is 0 Å². The molecule has 0 aliphatic carbocycles. The zero-order valence-electron chi connectivity index (χ0n) is 15.6. The average molecular weight is 413 g/mol. The van der Waals surface area contributed by atoms with Crippen molar-refractivity contribution in [2.45, 2.75) is 24.8 Å². The number of fused-ring (bicyclic) bond motifs is 1. The van der Waals surface area contributed by atoms with E-state index in [1.807, 2.05) is 42.5 Å². The first kappa shape index (κ1) is 20.4. The van der Waals surface area contributed by atoms with Gasteiger partial charge in [-0.15, -0.1) is 0 Å². The van der Waals surface area contributed by atoms with E-state index in [4.69, 9.17) is 9.15 Å². The van der Waals surface area contributed by atoms with Crippen LogP contribution in [0.1, 0.15) is 12.5 Å². The molecule has 29 heavy (non-hydrogen) atoms. The van der Waals surface area contributed by atoms with Gasteiger partial charge in [-0.1, -0.05) is 54.2 Å². The topological polar surface area (TPSA) is 111 Å². The van der Waals surface area contributed by atoms with Crippen molar-refractivity contribution in [1.82, 2.24) is 15.6 Å². The number of rotatable bonds is 7. The summed E-state index contributed by atoms with van der Waals surface area (Å²) in [5.41, 5.74) is 2.21. The van der Waals surface area contributed by atoms with Crippen molar-refractivity contribution >= 4 is 40.8 Å². The van der Waals surface area contributed by atoms with Crippen LogP contribution in [-0.2, 0) is 20.9 Å². The van der Waals surface area contributed by atoms with Gasteiger partial charge < -0.3 is 14.5 Å². The number of hydrogen-bond donors (Lipinski definition) is 2. The van der Waals surface area contributed by atoms with Crippen LogP contribution in [0.25, 0.3) is 11.1 Å². The van der Waals surface area contributed by atoms with E-state index in [1.165, 1.54) is 6.92 Å². The van der Waals surface area contributed by atoms with Gasteiger partial charge in [-0.25, -0.2) is 9.78 Å². The summed E-state index contributed by atoms with van der Waals surface area (Å²) >= 11 is 1.06. The summed E-state index contributed by atoms with van der Waals surface area (Å²) in [6, 6.07) is 15.8. The number of oxazole rings is 1. The summed E-state index contributed by atoms with van der Waals surface area (Å²) in [6.07, 6.45) is -1.12. The van der Waals surface area contributed by atoms with E-state index in [2.05, 4.69) is 15.6 Å². The van der Waals surface area contributed by atoms with Crippen LogP contribution in [-0.4, -0.2) is 34.7 Å². The molecule has 3 aromatic rings. The molecule has 0 saturated carbocycles. The van der Waals surface area contributed by atoms with Crippen LogP contribution in [0.5, 0.6) is 0 Å². The number of para-hydroxylation sites is 2. The van der Waals surface area contributed by atoms with Gasteiger partial charge in [0.2, 0.25) is 0 Å². The first-order chi connectivity index (χ1) is 14.0. The molecule has 1 aromatic heterocycles. The number of aromatic nitrogens is 1. The van der Waals surface area contributed by atoms with Gasteiger partial charge in [-0.3, -0.25) is 14.9 Å². The van der Waals surface area contributed by atoms with E-state index >= 15 is 0 Å². The van der Waals surface area contributed by atoms with E-state index in [9.17, 15) is 14.4 Å². The quantitative estimate of drug-likeness (QED) is 0.453. The van der Waals surface area contributed by atoms with Crippen LogP contribution in [0.2, 0.25) is 0 Å². The van der Waals surface area contributed by atoms with E-state index in [-0.39, 0.29) is 12.3 Å². The lowest BCUT2D eigenvalue weighted by molar-refractivity contribution is -0.151. The Balaban J connectivity index is 1.40. The molecule has 1 unspecified atom stereocenters. The average Bonchev–Trinajstić information content (AvgIpc) is 3.14. The zero-order valence-corrected chi connectivity index (χ0v) is 16.4. The molecule has 3 rings (SSSR count). The Kier molecular flexibility index (Phi) is 6.85.